The molecule has 0 aliphatic carbocycles. The van der Waals surface area contributed by atoms with Crippen molar-refractivity contribution in [2.24, 2.45) is 0 Å². The number of carboxylic acid groups (broad SMARTS) is 1. The summed E-state index contributed by atoms with van der Waals surface area (Å²) >= 11 is 0. The van der Waals surface area contributed by atoms with Gasteiger partial charge in [0.1, 0.15) is 12.2 Å². The summed E-state index contributed by atoms with van der Waals surface area (Å²) in [7, 11) is 0. The van der Waals surface area contributed by atoms with Gasteiger partial charge >= 0.3 is 5.97 Å². The van der Waals surface area contributed by atoms with E-state index in [1.165, 1.54) is 28.4 Å². The number of nitrogens with one attached hydrogen (secondary N) is 1. The maximum absolute atomic E-state index is 12.6. The third kappa shape index (κ3) is 3.98. The number of hydrogen-bond donors (Lipinski definition) is 2. The van der Waals surface area contributed by atoms with Crippen molar-refractivity contribution in [1.29, 1.82) is 0 Å². The lowest BCUT2D eigenvalue weighted by atomic mass is 10.1. The van der Waals surface area contributed by atoms with E-state index in [4.69, 9.17) is 9.52 Å². The Morgan fingerprint density at radius 3 is 2.97 bits per heavy atom. The standard InChI is InChI=1S/C20H21N5O4/c1-13-8-14-4-2-3-5-17(14)25(13)10-15-6-7-29-19(15)20(28)21-9-16-11-24(23-22-16)12-18(26)27/h2-7,11,13H,8-10,12H2,1H3,(H,21,28)(H,26,27). The monoisotopic (exact) mass is 395 g/mol. The number of furan rings is 1. The van der Waals surface area contributed by atoms with E-state index in [2.05, 4.69) is 39.6 Å². The van der Waals surface area contributed by atoms with Crippen LogP contribution >= 0.6 is 0 Å². The Labute approximate surface area is 166 Å². The van der Waals surface area contributed by atoms with Gasteiger partial charge in [-0.2, -0.15) is 0 Å². The molecular formula is C20H21N5O4. The SMILES string of the molecule is CC1Cc2ccccc2N1Cc1ccoc1C(=O)NCc1cn(CC(=O)O)nn1. The number of hydrogen-bond acceptors (Lipinski definition) is 6. The van der Waals surface area contributed by atoms with Gasteiger partial charge in [0.25, 0.3) is 5.91 Å². The number of carbonyl (C=O) groups is 2. The van der Waals surface area contributed by atoms with Crippen LogP contribution in [0.5, 0.6) is 0 Å². The van der Waals surface area contributed by atoms with Gasteiger partial charge in [0, 0.05) is 23.8 Å². The van der Waals surface area contributed by atoms with Gasteiger partial charge in [0.05, 0.1) is 19.0 Å². The molecule has 1 aliphatic heterocycles. The predicted octanol–water partition coefficient (Wildman–Crippen LogP) is 1.84. The molecule has 1 aliphatic rings. The van der Waals surface area contributed by atoms with Crippen LogP contribution in [0.15, 0.2) is 47.2 Å². The smallest absolute Gasteiger partial charge is 0.325 e. The Hall–Kier alpha value is -3.62. The van der Waals surface area contributed by atoms with Crippen LogP contribution in [-0.2, 0) is 30.8 Å². The fourth-order valence-corrected chi connectivity index (χ4v) is 3.60. The zero-order valence-corrected chi connectivity index (χ0v) is 15.9. The van der Waals surface area contributed by atoms with Crippen molar-refractivity contribution >= 4 is 17.6 Å². The van der Waals surface area contributed by atoms with Crippen molar-refractivity contribution in [2.45, 2.75) is 39.0 Å². The first-order valence-corrected chi connectivity index (χ1v) is 9.31. The number of nitrogens with zero attached hydrogens (tertiary/aromatic N) is 4. The Morgan fingerprint density at radius 2 is 2.14 bits per heavy atom. The summed E-state index contributed by atoms with van der Waals surface area (Å²) < 4.78 is 6.65. The molecule has 1 unspecified atom stereocenters. The minimum Gasteiger partial charge on any atom is -0.480 e. The van der Waals surface area contributed by atoms with Crippen molar-refractivity contribution in [2.75, 3.05) is 4.90 Å². The van der Waals surface area contributed by atoms with Crippen molar-refractivity contribution in [3.8, 4) is 0 Å². The second kappa shape index (κ2) is 7.78. The lowest BCUT2D eigenvalue weighted by molar-refractivity contribution is -0.137. The predicted molar refractivity (Wildman–Crippen MR) is 103 cm³/mol. The number of anilines is 1. The van der Waals surface area contributed by atoms with E-state index in [-0.39, 0.29) is 24.8 Å². The molecule has 9 heteroatoms. The molecule has 0 fully saturated rings. The average Bonchev–Trinajstić information content (AvgIpc) is 3.40. The van der Waals surface area contributed by atoms with Gasteiger partial charge in [-0.1, -0.05) is 23.4 Å². The highest BCUT2D eigenvalue weighted by Crippen LogP contribution is 2.33. The van der Waals surface area contributed by atoms with Gasteiger partial charge in [0.2, 0.25) is 0 Å². The minimum atomic E-state index is -1.01. The molecule has 3 heterocycles. The zero-order valence-electron chi connectivity index (χ0n) is 15.9. The van der Waals surface area contributed by atoms with E-state index in [1.54, 1.807) is 0 Å². The fraction of sp³-hybridized carbons (Fsp3) is 0.300. The molecule has 0 saturated carbocycles. The van der Waals surface area contributed by atoms with Crippen LogP contribution in [-0.4, -0.2) is 38.0 Å². The van der Waals surface area contributed by atoms with E-state index in [0.29, 0.717) is 18.3 Å². The largest absolute Gasteiger partial charge is 0.480 e. The van der Waals surface area contributed by atoms with E-state index < -0.39 is 5.97 Å². The molecule has 3 aromatic rings. The quantitative estimate of drug-likeness (QED) is 0.627. The van der Waals surface area contributed by atoms with Gasteiger partial charge < -0.3 is 19.7 Å². The molecule has 2 N–H and O–H groups in total. The van der Waals surface area contributed by atoms with Crippen molar-refractivity contribution in [1.82, 2.24) is 20.3 Å². The summed E-state index contributed by atoms with van der Waals surface area (Å²) in [6.07, 6.45) is 3.97. The maximum Gasteiger partial charge on any atom is 0.325 e. The number of fused-ring (bicyclic) bond motifs is 1. The number of aliphatic carboxylic acids is 1. The number of aromatic nitrogens is 3. The fourth-order valence-electron chi connectivity index (χ4n) is 3.60. The normalized spacial score (nSPS) is 15.3. The van der Waals surface area contributed by atoms with E-state index in [1.807, 2.05) is 18.2 Å². The number of amides is 1. The number of rotatable bonds is 7. The second-order valence-electron chi connectivity index (χ2n) is 7.07. The molecule has 150 valence electrons. The van der Waals surface area contributed by atoms with Crippen LogP contribution in [0.4, 0.5) is 5.69 Å². The van der Waals surface area contributed by atoms with Gasteiger partial charge in [-0.3, -0.25) is 9.59 Å². The summed E-state index contributed by atoms with van der Waals surface area (Å²) in [5.41, 5.74) is 3.76. The Kier molecular flexibility index (Phi) is 5.03. The van der Waals surface area contributed by atoms with Crippen LogP contribution in [0.25, 0.3) is 0 Å². The summed E-state index contributed by atoms with van der Waals surface area (Å²) in [6, 6.07) is 10.4. The number of benzene rings is 1. The summed E-state index contributed by atoms with van der Waals surface area (Å²) in [6.45, 7) is 2.59. The van der Waals surface area contributed by atoms with Gasteiger partial charge in [-0.05, 0) is 31.0 Å². The van der Waals surface area contributed by atoms with Gasteiger partial charge in [-0.15, -0.1) is 5.10 Å². The highest BCUT2D eigenvalue weighted by Gasteiger charge is 2.27. The Bertz CT molecular complexity index is 1040. The van der Waals surface area contributed by atoms with E-state index >= 15 is 0 Å². The third-order valence-electron chi connectivity index (χ3n) is 4.96. The first-order valence-electron chi connectivity index (χ1n) is 9.31. The molecule has 0 saturated heterocycles. The Morgan fingerprint density at radius 1 is 1.31 bits per heavy atom. The molecule has 0 radical (unpaired) electrons. The van der Waals surface area contributed by atoms with Crippen molar-refractivity contribution in [3.05, 3.63) is 65.4 Å². The number of carbonyl (C=O) groups excluding carboxylic acids is 1. The molecule has 0 bridgehead atoms. The summed E-state index contributed by atoms with van der Waals surface area (Å²) in [5, 5.41) is 19.1. The molecule has 4 rings (SSSR count). The maximum atomic E-state index is 12.6. The molecule has 2 aromatic heterocycles. The van der Waals surface area contributed by atoms with Crippen LogP contribution < -0.4 is 10.2 Å². The van der Waals surface area contributed by atoms with Crippen molar-refractivity contribution < 1.29 is 19.1 Å². The lowest BCUT2D eigenvalue weighted by Crippen LogP contribution is -2.30. The first-order chi connectivity index (χ1) is 14.0. The van der Waals surface area contributed by atoms with Crippen LogP contribution in [0.2, 0.25) is 0 Å². The summed E-state index contributed by atoms with van der Waals surface area (Å²) in [4.78, 5) is 25.6. The summed E-state index contributed by atoms with van der Waals surface area (Å²) in [5.74, 6) is -1.10. The third-order valence-corrected chi connectivity index (χ3v) is 4.96. The van der Waals surface area contributed by atoms with Gasteiger partial charge in [-0.25, -0.2) is 4.68 Å². The van der Waals surface area contributed by atoms with Gasteiger partial charge in [0.15, 0.2) is 5.76 Å². The molecule has 1 atom stereocenters. The second-order valence-corrected chi connectivity index (χ2v) is 7.07. The highest BCUT2D eigenvalue weighted by atomic mass is 16.4. The van der Waals surface area contributed by atoms with E-state index in [0.717, 1.165) is 12.0 Å². The highest BCUT2D eigenvalue weighted by molar-refractivity contribution is 5.93. The first kappa shape index (κ1) is 18.7. The lowest BCUT2D eigenvalue weighted by Gasteiger charge is -2.24. The average molecular weight is 395 g/mol. The molecule has 1 amide bonds. The topological polar surface area (TPSA) is 113 Å². The molecular weight excluding hydrogens is 374 g/mol. The Balaban J connectivity index is 1.42. The molecule has 29 heavy (non-hydrogen) atoms. The van der Waals surface area contributed by atoms with Crippen LogP contribution in [0.1, 0.15) is 34.3 Å². The van der Waals surface area contributed by atoms with E-state index in [9.17, 15) is 9.59 Å². The molecule has 9 nitrogen and oxygen atoms in total. The van der Waals surface area contributed by atoms with Crippen LogP contribution in [0, 0.1) is 0 Å². The number of carboxylic acids is 1. The molecule has 0 spiro atoms. The molecule has 1 aromatic carbocycles. The number of para-hydroxylation sites is 1. The van der Waals surface area contributed by atoms with Crippen molar-refractivity contribution in [3.63, 3.8) is 0 Å². The zero-order chi connectivity index (χ0) is 20.4. The minimum absolute atomic E-state index is 0.127. The van der Waals surface area contributed by atoms with Crippen LogP contribution in [0.3, 0.4) is 0 Å².